The minimum absolute atomic E-state index is 0.0602. The van der Waals surface area contributed by atoms with Gasteiger partial charge in [0.25, 0.3) is 0 Å². The third-order valence-electron chi connectivity index (χ3n) is 2.96. The van der Waals surface area contributed by atoms with E-state index in [1.807, 2.05) is 35.0 Å². The van der Waals surface area contributed by atoms with Crippen LogP contribution in [-0.4, -0.2) is 12.4 Å². The second-order valence-electron chi connectivity index (χ2n) is 4.09. The van der Waals surface area contributed by atoms with Crippen LogP contribution >= 0.6 is 11.3 Å². The van der Waals surface area contributed by atoms with Crippen LogP contribution in [-0.2, 0) is 6.42 Å². The van der Waals surface area contributed by atoms with E-state index < -0.39 is 0 Å². The summed E-state index contributed by atoms with van der Waals surface area (Å²) in [6, 6.07) is 7.69. The van der Waals surface area contributed by atoms with Gasteiger partial charge in [0.05, 0.1) is 12.2 Å². The van der Waals surface area contributed by atoms with Gasteiger partial charge in [0.15, 0.2) is 5.78 Å². The number of hydrogen-bond acceptors (Lipinski definition) is 3. The van der Waals surface area contributed by atoms with Crippen LogP contribution in [0.25, 0.3) is 0 Å². The SMILES string of the molecule is O=C(c1ccsc1)c1cccc2c1OCCC2. The predicted molar refractivity (Wildman–Crippen MR) is 68.0 cm³/mol. The Hall–Kier alpha value is -1.61. The number of rotatable bonds is 2. The normalized spacial score (nSPS) is 13.9. The van der Waals surface area contributed by atoms with Crippen molar-refractivity contribution in [1.82, 2.24) is 0 Å². The summed E-state index contributed by atoms with van der Waals surface area (Å²) in [5.41, 5.74) is 2.59. The lowest BCUT2D eigenvalue weighted by molar-refractivity contribution is 0.103. The average Bonchev–Trinajstić information content (AvgIpc) is 2.91. The van der Waals surface area contributed by atoms with Gasteiger partial charge < -0.3 is 4.74 Å². The standard InChI is InChI=1S/C14H12O2S/c15-13(11-6-8-17-9-11)12-5-1-3-10-4-2-7-16-14(10)12/h1,3,5-6,8-9H,2,4,7H2. The van der Waals surface area contributed by atoms with E-state index in [-0.39, 0.29) is 5.78 Å². The van der Waals surface area contributed by atoms with Gasteiger partial charge in [-0.15, -0.1) is 0 Å². The van der Waals surface area contributed by atoms with Crippen LogP contribution in [0.15, 0.2) is 35.0 Å². The molecule has 1 aliphatic heterocycles. The van der Waals surface area contributed by atoms with Gasteiger partial charge in [0.1, 0.15) is 5.75 Å². The molecule has 0 atom stereocenters. The molecule has 0 saturated heterocycles. The van der Waals surface area contributed by atoms with Gasteiger partial charge in [-0.05, 0) is 35.9 Å². The first-order chi connectivity index (χ1) is 8.36. The van der Waals surface area contributed by atoms with Gasteiger partial charge >= 0.3 is 0 Å². The van der Waals surface area contributed by atoms with Gasteiger partial charge in [-0.3, -0.25) is 4.79 Å². The highest BCUT2D eigenvalue weighted by atomic mass is 32.1. The lowest BCUT2D eigenvalue weighted by Crippen LogP contribution is -2.13. The lowest BCUT2D eigenvalue weighted by atomic mass is 9.98. The third kappa shape index (κ3) is 1.87. The first-order valence-electron chi connectivity index (χ1n) is 5.68. The fourth-order valence-electron chi connectivity index (χ4n) is 2.12. The summed E-state index contributed by atoms with van der Waals surface area (Å²) in [6.07, 6.45) is 2.03. The van der Waals surface area contributed by atoms with Gasteiger partial charge in [0, 0.05) is 10.9 Å². The number of hydrogen-bond donors (Lipinski definition) is 0. The maximum atomic E-state index is 12.3. The van der Waals surface area contributed by atoms with Crippen molar-refractivity contribution in [1.29, 1.82) is 0 Å². The number of carbonyl (C=O) groups excluding carboxylic acids is 1. The first-order valence-corrected chi connectivity index (χ1v) is 6.62. The van der Waals surface area contributed by atoms with E-state index in [0.29, 0.717) is 12.2 Å². The molecular formula is C14H12O2S. The summed E-state index contributed by atoms with van der Waals surface area (Å²) in [7, 11) is 0. The molecule has 2 heterocycles. The monoisotopic (exact) mass is 244 g/mol. The minimum atomic E-state index is 0.0602. The molecule has 0 radical (unpaired) electrons. The number of ether oxygens (including phenoxy) is 1. The summed E-state index contributed by atoms with van der Waals surface area (Å²) < 4.78 is 5.66. The average molecular weight is 244 g/mol. The topological polar surface area (TPSA) is 26.3 Å². The molecule has 1 aromatic carbocycles. The van der Waals surface area contributed by atoms with Gasteiger partial charge in [-0.25, -0.2) is 0 Å². The highest BCUT2D eigenvalue weighted by Crippen LogP contribution is 2.30. The van der Waals surface area contributed by atoms with Crippen LogP contribution in [0.1, 0.15) is 27.9 Å². The molecule has 0 amide bonds. The highest BCUT2D eigenvalue weighted by Gasteiger charge is 2.20. The molecule has 1 aromatic heterocycles. The molecule has 86 valence electrons. The molecule has 0 aliphatic carbocycles. The fraction of sp³-hybridized carbons (Fsp3) is 0.214. The summed E-state index contributed by atoms with van der Waals surface area (Å²) in [5.74, 6) is 0.847. The Morgan fingerprint density at radius 2 is 2.24 bits per heavy atom. The molecular weight excluding hydrogens is 232 g/mol. The smallest absolute Gasteiger partial charge is 0.197 e. The maximum absolute atomic E-state index is 12.3. The Morgan fingerprint density at radius 3 is 3.06 bits per heavy atom. The summed E-state index contributed by atoms with van der Waals surface area (Å²) in [5, 5.41) is 3.80. The number of carbonyl (C=O) groups is 1. The zero-order chi connectivity index (χ0) is 11.7. The largest absolute Gasteiger partial charge is 0.493 e. The second-order valence-corrected chi connectivity index (χ2v) is 4.87. The molecule has 0 bridgehead atoms. The van der Waals surface area contributed by atoms with Gasteiger partial charge in [-0.2, -0.15) is 11.3 Å². The Bertz CT molecular complexity index is 543. The van der Waals surface area contributed by atoms with E-state index in [1.54, 1.807) is 0 Å². The van der Waals surface area contributed by atoms with E-state index in [2.05, 4.69) is 0 Å². The third-order valence-corrected chi connectivity index (χ3v) is 3.64. The van der Waals surface area contributed by atoms with Crippen molar-refractivity contribution in [2.45, 2.75) is 12.8 Å². The van der Waals surface area contributed by atoms with Crippen molar-refractivity contribution in [3.63, 3.8) is 0 Å². The molecule has 3 rings (SSSR count). The molecule has 2 nitrogen and oxygen atoms in total. The van der Waals surface area contributed by atoms with Gasteiger partial charge in [-0.1, -0.05) is 12.1 Å². The van der Waals surface area contributed by atoms with E-state index in [0.717, 1.165) is 29.7 Å². The van der Waals surface area contributed by atoms with Crippen LogP contribution in [0.2, 0.25) is 0 Å². The summed E-state index contributed by atoms with van der Waals surface area (Å²) in [4.78, 5) is 12.3. The second kappa shape index (κ2) is 4.34. The molecule has 3 heteroatoms. The Balaban J connectivity index is 2.06. The summed E-state index contributed by atoms with van der Waals surface area (Å²) in [6.45, 7) is 0.709. The number of aryl methyl sites for hydroxylation is 1. The van der Waals surface area contributed by atoms with Crippen LogP contribution < -0.4 is 4.74 Å². The van der Waals surface area contributed by atoms with E-state index in [1.165, 1.54) is 11.3 Å². The Kier molecular flexibility index (Phi) is 2.69. The molecule has 0 unspecified atom stereocenters. The molecule has 0 saturated carbocycles. The van der Waals surface area contributed by atoms with E-state index in [9.17, 15) is 4.79 Å². The van der Waals surface area contributed by atoms with Crippen LogP contribution in [0, 0.1) is 0 Å². The first kappa shape index (κ1) is 10.5. The Labute approximate surface area is 104 Å². The van der Waals surface area contributed by atoms with Crippen LogP contribution in [0.3, 0.4) is 0 Å². The van der Waals surface area contributed by atoms with Crippen LogP contribution in [0.5, 0.6) is 5.75 Å². The van der Waals surface area contributed by atoms with Gasteiger partial charge in [0.2, 0.25) is 0 Å². The van der Waals surface area contributed by atoms with Crippen molar-refractivity contribution < 1.29 is 9.53 Å². The molecule has 0 N–H and O–H groups in total. The van der Waals surface area contributed by atoms with Crippen molar-refractivity contribution in [3.05, 3.63) is 51.7 Å². The van der Waals surface area contributed by atoms with Crippen molar-refractivity contribution >= 4 is 17.1 Å². The van der Waals surface area contributed by atoms with E-state index in [4.69, 9.17) is 4.74 Å². The molecule has 17 heavy (non-hydrogen) atoms. The molecule has 0 fully saturated rings. The summed E-state index contributed by atoms with van der Waals surface area (Å²) >= 11 is 1.54. The van der Waals surface area contributed by atoms with E-state index >= 15 is 0 Å². The number of ketones is 1. The number of fused-ring (bicyclic) bond motifs is 1. The van der Waals surface area contributed by atoms with Crippen molar-refractivity contribution in [3.8, 4) is 5.75 Å². The highest BCUT2D eigenvalue weighted by molar-refractivity contribution is 7.08. The van der Waals surface area contributed by atoms with Crippen LogP contribution in [0.4, 0.5) is 0 Å². The van der Waals surface area contributed by atoms with Crippen molar-refractivity contribution in [2.24, 2.45) is 0 Å². The lowest BCUT2D eigenvalue weighted by Gasteiger charge is -2.19. The zero-order valence-corrected chi connectivity index (χ0v) is 10.1. The predicted octanol–water partition coefficient (Wildman–Crippen LogP) is 3.30. The Morgan fingerprint density at radius 1 is 1.29 bits per heavy atom. The van der Waals surface area contributed by atoms with Crippen molar-refractivity contribution in [2.75, 3.05) is 6.61 Å². The minimum Gasteiger partial charge on any atom is -0.493 e. The molecule has 0 spiro atoms. The quantitative estimate of drug-likeness (QED) is 0.758. The number of thiophene rings is 1. The number of para-hydroxylation sites is 1. The maximum Gasteiger partial charge on any atom is 0.197 e. The molecule has 2 aromatic rings. The fourth-order valence-corrected chi connectivity index (χ4v) is 2.75. The zero-order valence-electron chi connectivity index (χ0n) is 9.31. The number of benzene rings is 1. The molecule has 1 aliphatic rings.